The SMILES string of the molecule is Cc1nc2ccc(C(=O)N3CCCC3CS(=O)(=O)c3ccccc3)cc2s1. The van der Waals surface area contributed by atoms with E-state index >= 15 is 0 Å². The van der Waals surface area contributed by atoms with Crippen molar-refractivity contribution in [2.24, 2.45) is 0 Å². The van der Waals surface area contributed by atoms with Gasteiger partial charge in [0.15, 0.2) is 9.84 Å². The van der Waals surface area contributed by atoms with E-state index in [4.69, 9.17) is 0 Å². The highest BCUT2D eigenvalue weighted by Crippen LogP contribution is 2.27. The van der Waals surface area contributed by atoms with Crippen molar-refractivity contribution in [2.45, 2.75) is 30.7 Å². The Bertz CT molecular complexity index is 1090. The van der Waals surface area contributed by atoms with E-state index in [1.165, 1.54) is 0 Å². The lowest BCUT2D eigenvalue weighted by Gasteiger charge is -2.24. The molecule has 1 fully saturated rings. The molecule has 27 heavy (non-hydrogen) atoms. The van der Waals surface area contributed by atoms with Crippen molar-refractivity contribution >= 4 is 37.3 Å². The van der Waals surface area contributed by atoms with Crippen LogP contribution in [-0.4, -0.2) is 42.5 Å². The van der Waals surface area contributed by atoms with Gasteiger partial charge in [-0.05, 0) is 50.1 Å². The van der Waals surface area contributed by atoms with Gasteiger partial charge in [-0.2, -0.15) is 0 Å². The molecule has 0 radical (unpaired) electrons. The molecular formula is C20H20N2O3S2. The van der Waals surface area contributed by atoms with Crippen LogP contribution in [0.25, 0.3) is 10.2 Å². The van der Waals surface area contributed by atoms with Gasteiger partial charge in [-0.3, -0.25) is 4.79 Å². The number of likely N-dealkylation sites (tertiary alicyclic amines) is 1. The van der Waals surface area contributed by atoms with E-state index in [1.54, 1.807) is 52.6 Å². The maximum Gasteiger partial charge on any atom is 0.254 e. The number of aromatic nitrogens is 1. The van der Waals surface area contributed by atoms with Crippen LogP contribution in [0.5, 0.6) is 0 Å². The van der Waals surface area contributed by atoms with Gasteiger partial charge in [0.25, 0.3) is 5.91 Å². The van der Waals surface area contributed by atoms with Crippen LogP contribution in [0.4, 0.5) is 0 Å². The summed E-state index contributed by atoms with van der Waals surface area (Å²) in [6.45, 7) is 2.53. The summed E-state index contributed by atoms with van der Waals surface area (Å²) < 4.78 is 26.4. The molecule has 0 saturated carbocycles. The van der Waals surface area contributed by atoms with Crippen molar-refractivity contribution in [1.29, 1.82) is 0 Å². The summed E-state index contributed by atoms with van der Waals surface area (Å²) >= 11 is 1.56. The number of carbonyl (C=O) groups excluding carboxylic acids is 1. The van der Waals surface area contributed by atoms with Crippen LogP contribution in [0.15, 0.2) is 53.4 Å². The predicted octanol–water partition coefficient (Wildman–Crippen LogP) is 3.68. The number of benzene rings is 2. The van der Waals surface area contributed by atoms with E-state index < -0.39 is 9.84 Å². The van der Waals surface area contributed by atoms with Crippen LogP contribution < -0.4 is 0 Å². The smallest absolute Gasteiger partial charge is 0.254 e. The first-order chi connectivity index (χ1) is 12.9. The largest absolute Gasteiger partial charge is 0.335 e. The summed E-state index contributed by atoms with van der Waals surface area (Å²) in [5.74, 6) is -0.140. The molecule has 7 heteroatoms. The van der Waals surface area contributed by atoms with E-state index in [9.17, 15) is 13.2 Å². The molecule has 0 spiro atoms. The molecule has 2 heterocycles. The molecule has 1 aromatic heterocycles. The van der Waals surface area contributed by atoms with Crippen LogP contribution in [0.2, 0.25) is 0 Å². The van der Waals surface area contributed by atoms with Crippen LogP contribution in [-0.2, 0) is 9.84 Å². The van der Waals surface area contributed by atoms with Gasteiger partial charge < -0.3 is 4.90 Å². The van der Waals surface area contributed by atoms with Gasteiger partial charge in [0.2, 0.25) is 0 Å². The molecular weight excluding hydrogens is 380 g/mol. The van der Waals surface area contributed by atoms with Crippen LogP contribution in [0.1, 0.15) is 28.2 Å². The van der Waals surface area contributed by atoms with Crippen molar-refractivity contribution in [2.75, 3.05) is 12.3 Å². The summed E-state index contributed by atoms with van der Waals surface area (Å²) in [5, 5.41) is 0.961. The summed E-state index contributed by atoms with van der Waals surface area (Å²) in [7, 11) is -3.43. The van der Waals surface area contributed by atoms with Crippen molar-refractivity contribution in [3.63, 3.8) is 0 Å². The molecule has 4 rings (SSSR count). The third kappa shape index (κ3) is 3.61. The molecule has 0 bridgehead atoms. The zero-order chi connectivity index (χ0) is 19.0. The number of amides is 1. The number of fused-ring (bicyclic) bond motifs is 1. The normalized spacial score (nSPS) is 17.5. The third-order valence-corrected chi connectivity index (χ3v) is 7.64. The highest BCUT2D eigenvalue weighted by molar-refractivity contribution is 7.91. The first kappa shape index (κ1) is 18.1. The first-order valence-corrected chi connectivity index (χ1v) is 11.4. The Hall–Kier alpha value is -2.25. The Balaban J connectivity index is 1.57. The van der Waals surface area contributed by atoms with Crippen molar-refractivity contribution in [3.05, 3.63) is 59.1 Å². The lowest BCUT2D eigenvalue weighted by molar-refractivity contribution is 0.0749. The van der Waals surface area contributed by atoms with E-state index in [-0.39, 0.29) is 17.7 Å². The number of carbonyl (C=O) groups is 1. The minimum atomic E-state index is -3.43. The standard InChI is InChI=1S/C20H20N2O3S2/c1-14-21-18-10-9-15(12-19(18)26-14)20(23)22-11-5-6-16(22)13-27(24,25)17-7-3-2-4-8-17/h2-4,7-10,12,16H,5-6,11,13H2,1H3. The molecule has 1 unspecified atom stereocenters. The Morgan fingerprint density at radius 2 is 2.00 bits per heavy atom. The highest BCUT2D eigenvalue weighted by Gasteiger charge is 2.33. The monoisotopic (exact) mass is 400 g/mol. The van der Waals surface area contributed by atoms with Gasteiger partial charge in [0.1, 0.15) is 0 Å². The lowest BCUT2D eigenvalue weighted by atomic mass is 10.1. The van der Waals surface area contributed by atoms with E-state index in [1.807, 2.05) is 19.1 Å². The van der Waals surface area contributed by atoms with Gasteiger partial charge in [-0.25, -0.2) is 13.4 Å². The summed E-state index contributed by atoms with van der Waals surface area (Å²) in [5.41, 5.74) is 1.48. The van der Waals surface area contributed by atoms with Crippen LogP contribution in [0.3, 0.4) is 0 Å². The van der Waals surface area contributed by atoms with Gasteiger partial charge in [0, 0.05) is 18.2 Å². The van der Waals surface area contributed by atoms with Crippen molar-refractivity contribution < 1.29 is 13.2 Å². The van der Waals surface area contributed by atoms with Gasteiger partial charge in [-0.1, -0.05) is 18.2 Å². The molecule has 5 nitrogen and oxygen atoms in total. The maximum atomic E-state index is 13.0. The number of nitrogens with zero attached hydrogens (tertiary/aromatic N) is 2. The van der Waals surface area contributed by atoms with Gasteiger partial charge in [-0.15, -0.1) is 11.3 Å². The van der Waals surface area contributed by atoms with Gasteiger partial charge >= 0.3 is 0 Å². The van der Waals surface area contributed by atoms with E-state index in [0.717, 1.165) is 21.6 Å². The molecule has 1 saturated heterocycles. The molecule has 1 atom stereocenters. The quantitative estimate of drug-likeness (QED) is 0.670. The first-order valence-electron chi connectivity index (χ1n) is 8.90. The molecule has 1 aliphatic rings. The summed E-state index contributed by atoms with van der Waals surface area (Å²) in [6.07, 6.45) is 1.53. The zero-order valence-electron chi connectivity index (χ0n) is 15.0. The molecule has 2 aromatic carbocycles. The molecule has 1 amide bonds. The second kappa shape index (κ2) is 7.05. The minimum absolute atomic E-state index is 0.0370. The number of aryl methyl sites for hydroxylation is 1. The van der Waals surface area contributed by atoms with Crippen LogP contribution >= 0.6 is 11.3 Å². The number of rotatable bonds is 4. The average molecular weight is 401 g/mol. The Kier molecular flexibility index (Phi) is 4.74. The lowest BCUT2D eigenvalue weighted by Crippen LogP contribution is -2.39. The number of thiazole rings is 1. The second-order valence-electron chi connectivity index (χ2n) is 6.80. The van der Waals surface area contributed by atoms with Crippen molar-refractivity contribution in [1.82, 2.24) is 9.88 Å². The van der Waals surface area contributed by atoms with E-state index in [2.05, 4.69) is 4.98 Å². The molecule has 0 N–H and O–H groups in total. The Morgan fingerprint density at radius 3 is 2.78 bits per heavy atom. The zero-order valence-corrected chi connectivity index (χ0v) is 16.6. The van der Waals surface area contributed by atoms with Crippen molar-refractivity contribution in [3.8, 4) is 0 Å². The molecule has 140 valence electrons. The fraction of sp³-hybridized carbons (Fsp3) is 0.300. The molecule has 0 aliphatic carbocycles. The summed E-state index contributed by atoms with van der Waals surface area (Å²) in [4.78, 5) is 19.5. The predicted molar refractivity (Wildman–Crippen MR) is 107 cm³/mol. The number of hydrogen-bond donors (Lipinski definition) is 0. The van der Waals surface area contributed by atoms with Gasteiger partial charge in [0.05, 0.1) is 25.9 Å². The maximum absolute atomic E-state index is 13.0. The molecule has 3 aromatic rings. The molecule has 1 aliphatic heterocycles. The number of hydrogen-bond acceptors (Lipinski definition) is 5. The van der Waals surface area contributed by atoms with E-state index in [0.29, 0.717) is 23.4 Å². The Morgan fingerprint density at radius 1 is 1.22 bits per heavy atom. The number of sulfone groups is 1. The fourth-order valence-corrected chi connectivity index (χ4v) is 6.08. The Labute approximate surface area is 162 Å². The topological polar surface area (TPSA) is 67.3 Å². The minimum Gasteiger partial charge on any atom is -0.335 e. The third-order valence-electron chi connectivity index (χ3n) is 4.89. The highest BCUT2D eigenvalue weighted by atomic mass is 32.2. The second-order valence-corrected chi connectivity index (χ2v) is 10.1. The average Bonchev–Trinajstić information content (AvgIpc) is 3.26. The fourth-order valence-electron chi connectivity index (χ4n) is 3.59. The summed E-state index contributed by atoms with van der Waals surface area (Å²) in [6, 6.07) is 13.7. The van der Waals surface area contributed by atoms with Crippen LogP contribution in [0, 0.1) is 6.92 Å².